The van der Waals surface area contributed by atoms with Gasteiger partial charge in [0.2, 0.25) is 17.7 Å². The SMILES string of the molecule is COC(=O)[C@H](CCCCN)NC(=O)[C@H](Cc1ccccc1)NC(=O)[C@@H]1Cc2ccccc2CN1C(=O)[C@H](Cc1c(C)cc(O)cc1C)NC(=O)OC(C)(C)C. The van der Waals surface area contributed by atoms with Gasteiger partial charge in [-0.3, -0.25) is 14.4 Å². The number of phenols is 1. The van der Waals surface area contributed by atoms with Crippen LogP contribution in [0.15, 0.2) is 66.7 Å². The van der Waals surface area contributed by atoms with E-state index in [4.69, 9.17) is 15.2 Å². The number of unbranched alkanes of at least 4 members (excludes halogenated alkanes) is 1. The van der Waals surface area contributed by atoms with Crippen LogP contribution in [0.1, 0.15) is 73.4 Å². The Bertz CT molecular complexity index is 1800. The van der Waals surface area contributed by atoms with Gasteiger partial charge in [-0.1, -0.05) is 54.6 Å². The first kappa shape index (κ1) is 42.3. The summed E-state index contributed by atoms with van der Waals surface area (Å²) in [5.41, 5.74) is 9.47. The molecule has 0 saturated carbocycles. The summed E-state index contributed by atoms with van der Waals surface area (Å²) >= 11 is 0. The van der Waals surface area contributed by atoms with Crippen molar-refractivity contribution in [1.82, 2.24) is 20.9 Å². The topological polar surface area (TPSA) is 189 Å². The maximum atomic E-state index is 14.8. The lowest BCUT2D eigenvalue weighted by Crippen LogP contribution is -2.61. The van der Waals surface area contributed by atoms with Crippen molar-refractivity contribution >= 4 is 29.8 Å². The molecule has 0 aromatic heterocycles. The first-order valence-corrected chi connectivity index (χ1v) is 18.7. The van der Waals surface area contributed by atoms with Gasteiger partial charge >= 0.3 is 12.1 Å². The van der Waals surface area contributed by atoms with Crippen LogP contribution < -0.4 is 21.7 Å². The highest BCUT2D eigenvalue weighted by Gasteiger charge is 2.40. The van der Waals surface area contributed by atoms with E-state index in [1.54, 1.807) is 32.9 Å². The fraction of sp³-hybridized carbons (Fsp3) is 0.452. The number of fused-ring (bicyclic) bond motifs is 1. The molecule has 13 heteroatoms. The summed E-state index contributed by atoms with van der Waals surface area (Å²) in [4.78, 5) is 70.6. The van der Waals surface area contributed by atoms with Crippen molar-refractivity contribution in [3.05, 3.63) is 100 Å². The molecule has 13 nitrogen and oxygen atoms in total. The lowest BCUT2D eigenvalue weighted by molar-refractivity contribution is -0.146. The van der Waals surface area contributed by atoms with Crippen molar-refractivity contribution < 1.29 is 38.6 Å². The van der Waals surface area contributed by atoms with Crippen LogP contribution in [0.25, 0.3) is 0 Å². The molecule has 3 aromatic carbocycles. The molecular formula is C42H55N5O8. The van der Waals surface area contributed by atoms with Gasteiger partial charge in [-0.15, -0.1) is 0 Å². The van der Waals surface area contributed by atoms with Crippen LogP contribution in [-0.2, 0) is 54.5 Å². The quantitative estimate of drug-likeness (QED) is 0.113. The standard InChI is InChI=1S/C42H55N5O8/c1-26-20-31(48)21-27(2)32(26)24-35(46-41(53)55-42(3,4)5)39(51)47-25-30-17-11-10-16-29(30)23-36(47)38(50)45-34(22-28-14-8-7-9-15-28)37(49)44-33(40(52)54-6)18-12-13-19-43/h7-11,14-17,20-21,33-36,48H,12-13,18-19,22-25,43H2,1-6H3,(H,44,49)(H,45,50)(H,46,53)/t33-,34-,35-,36-/m0/s1. The Morgan fingerprint density at radius 1 is 0.855 bits per heavy atom. The third-order valence-corrected chi connectivity index (χ3v) is 9.58. The van der Waals surface area contributed by atoms with Crippen molar-refractivity contribution in [2.45, 2.75) is 109 Å². The number of hydrogen-bond donors (Lipinski definition) is 5. The number of nitrogens with zero attached hydrogens (tertiary/aromatic N) is 1. The number of carbonyl (C=O) groups excluding carboxylic acids is 5. The summed E-state index contributed by atoms with van der Waals surface area (Å²) in [5.74, 6) is -2.23. The van der Waals surface area contributed by atoms with Gasteiger partial charge in [0, 0.05) is 25.8 Å². The molecule has 6 N–H and O–H groups in total. The average molecular weight is 758 g/mol. The predicted octanol–water partition coefficient (Wildman–Crippen LogP) is 3.91. The molecule has 0 saturated heterocycles. The average Bonchev–Trinajstić information content (AvgIpc) is 3.13. The summed E-state index contributed by atoms with van der Waals surface area (Å²) in [7, 11) is 1.25. The Balaban J connectivity index is 1.70. The number of methoxy groups -OCH3 is 1. The summed E-state index contributed by atoms with van der Waals surface area (Å²) in [6, 6.07) is 15.5. The van der Waals surface area contributed by atoms with Crippen LogP contribution in [0.4, 0.5) is 4.79 Å². The number of esters is 1. The first-order valence-electron chi connectivity index (χ1n) is 18.7. The third-order valence-electron chi connectivity index (χ3n) is 9.58. The number of aromatic hydroxyl groups is 1. The number of alkyl carbamates (subject to hydrolysis) is 1. The second kappa shape index (κ2) is 19.2. The Morgan fingerprint density at radius 2 is 1.49 bits per heavy atom. The van der Waals surface area contributed by atoms with Crippen molar-refractivity contribution in [3.8, 4) is 5.75 Å². The van der Waals surface area contributed by atoms with E-state index in [0.717, 1.165) is 33.4 Å². The minimum Gasteiger partial charge on any atom is -0.508 e. The van der Waals surface area contributed by atoms with Crippen LogP contribution in [0, 0.1) is 13.8 Å². The van der Waals surface area contributed by atoms with Crippen molar-refractivity contribution in [2.24, 2.45) is 5.73 Å². The molecule has 0 bridgehead atoms. The van der Waals surface area contributed by atoms with Crippen molar-refractivity contribution in [2.75, 3.05) is 13.7 Å². The Kier molecular flexibility index (Phi) is 14.8. The molecule has 55 heavy (non-hydrogen) atoms. The second-order valence-corrected chi connectivity index (χ2v) is 15.0. The van der Waals surface area contributed by atoms with Crippen molar-refractivity contribution in [1.29, 1.82) is 0 Å². The molecule has 3 aromatic rings. The lowest BCUT2D eigenvalue weighted by atomic mass is 9.91. The second-order valence-electron chi connectivity index (χ2n) is 15.0. The van der Waals surface area contributed by atoms with E-state index >= 15 is 0 Å². The van der Waals surface area contributed by atoms with E-state index in [-0.39, 0.29) is 31.6 Å². The van der Waals surface area contributed by atoms with Crippen LogP contribution in [0.5, 0.6) is 5.75 Å². The van der Waals surface area contributed by atoms with E-state index in [0.29, 0.717) is 25.8 Å². The summed E-state index contributed by atoms with van der Waals surface area (Å²) in [5, 5.41) is 18.6. The van der Waals surface area contributed by atoms with E-state index in [1.165, 1.54) is 12.0 Å². The van der Waals surface area contributed by atoms with Gasteiger partial charge in [0.05, 0.1) is 7.11 Å². The molecule has 1 aliphatic heterocycles. The van der Waals surface area contributed by atoms with Crippen LogP contribution in [0.3, 0.4) is 0 Å². The smallest absolute Gasteiger partial charge is 0.408 e. The number of benzene rings is 3. The molecule has 4 atom stereocenters. The summed E-state index contributed by atoms with van der Waals surface area (Å²) in [6.45, 7) is 9.26. The number of nitrogens with two attached hydrogens (primary N) is 1. The number of carbonyl (C=O) groups is 5. The van der Waals surface area contributed by atoms with Crippen molar-refractivity contribution in [3.63, 3.8) is 0 Å². The van der Waals surface area contributed by atoms with Gasteiger partial charge < -0.3 is 41.2 Å². The lowest BCUT2D eigenvalue weighted by Gasteiger charge is -2.39. The van der Waals surface area contributed by atoms with E-state index in [1.807, 2.05) is 68.4 Å². The molecular weight excluding hydrogens is 702 g/mol. The van der Waals surface area contributed by atoms with E-state index < -0.39 is 59.6 Å². The molecule has 1 heterocycles. The van der Waals surface area contributed by atoms with Crippen LogP contribution >= 0.6 is 0 Å². The minimum absolute atomic E-state index is 0.0562. The van der Waals surface area contributed by atoms with E-state index in [9.17, 15) is 29.1 Å². The monoisotopic (exact) mass is 757 g/mol. The highest BCUT2D eigenvalue weighted by molar-refractivity contribution is 5.95. The first-order chi connectivity index (χ1) is 26.1. The maximum absolute atomic E-state index is 14.8. The number of ether oxygens (including phenoxy) is 2. The molecule has 0 spiro atoms. The molecule has 0 aliphatic carbocycles. The number of hydrogen-bond acceptors (Lipinski definition) is 9. The number of aryl methyl sites for hydroxylation is 2. The van der Waals surface area contributed by atoms with Crippen LogP contribution in [-0.4, -0.2) is 83.2 Å². The number of nitrogens with one attached hydrogen (secondary N) is 3. The van der Waals surface area contributed by atoms with Crippen LogP contribution in [0.2, 0.25) is 0 Å². The fourth-order valence-electron chi connectivity index (χ4n) is 6.82. The van der Waals surface area contributed by atoms with E-state index in [2.05, 4.69) is 16.0 Å². The zero-order valence-electron chi connectivity index (χ0n) is 32.6. The number of phenolic OH excluding ortho intramolecular Hbond substituents is 1. The minimum atomic E-state index is -1.16. The molecule has 0 radical (unpaired) electrons. The molecule has 296 valence electrons. The maximum Gasteiger partial charge on any atom is 0.408 e. The summed E-state index contributed by atoms with van der Waals surface area (Å²) in [6.07, 6.45) is 1.03. The van der Waals surface area contributed by atoms with Gasteiger partial charge in [-0.2, -0.15) is 0 Å². The highest BCUT2D eigenvalue weighted by atomic mass is 16.6. The number of amides is 4. The Labute approximate surface area is 323 Å². The molecule has 1 aliphatic rings. The third kappa shape index (κ3) is 12.0. The fourth-order valence-corrected chi connectivity index (χ4v) is 6.82. The molecule has 0 unspecified atom stereocenters. The molecule has 4 rings (SSSR count). The zero-order valence-corrected chi connectivity index (χ0v) is 32.6. The van der Waals surface area contributed by atoms with Gasteiger partial charge in [-0.05, 0) is 106 Å². The number of rotatable bonds is 15. The Morgan fingerprint density at radius 3 is 2.11 bits per heavy atom. The van der Waals surface area contributed by atoms with Gasteiger partial charge in [0.15, 0.2) is 0 Å². The summed E-state index contributed by atoms with van der Waals surface area (Å²) < 4.78 is 10.5. The van der Waals surface area contributed by atoms with Gasteiger partial charge in [0.1, 0.15) is 35.5 Å². The largest absolute Gasteiger partial charge is 0.508 e. The highest BCUT2D eigenvalue weighted by Crippen LogP contribution is 2.27. The Hall–Kier alpha value is -5.43. The normalized spacial score (nSPS) is 15.5. The van der Waals surface area contributed by atoms with Gasteiger partial charge in [0.25, 0.3) is 0 Å². The van der Waals surface area contributed by atoms with Gasteiger partial charge in [-0.25, -0.2) is 9.59 Å². The zero-order chi connectivity index (χ0) is 40.3. The molecule has 0 fully saturated rings. The molecule has 4 amide bonds. The predicted molar refractivity (Wildman–Crippen MR) is 208 cm³/mol.